The third kappa shape index (κ3) is 4.53. The van der Waals surface area contributed by atoms with Crippen LogP contribution in [0.25, 0.3) is 6.08 Å². The molecule has 2 rings (SSSR count). The molecule has 5 heteroatoms. The van der Waals surface area contributed by atoms with Gasteiger partial charge in [-0.25, -0.2) is 8.42 Å². The average Bonchev–Trinajstić information content (AvgIpc) is 2.53. The minimum atomic E-state index is -3.26. The monoisotopic (exact) mass is 330 g/mol. The highest BCUT2D eigenvalue weighted by Crippen LogP contribution is 2.20. The number of para-hydroxylation sites is 1. The first kappa shape index (κ1) is 17.0. The summed E-state index contributed by atoms with van der Waals surface area (Å²) in [6.07, 6.45) is 4.28. The van der Waals surface area contributed by atoms with E-state index in [0.29, 0.717) is 17.9 Å². The number of carbonyl (C=O) groups is 1. The summed E-state index contributed by atoms with van der Waals surface area (Å²) in [7, 11) is -3.26. The number of rotatable bonds is 6. The summed E-state index contributed by atoms with van der Waals surface area (Å²) in [6, 6.07) is 13.3. The Morgan fingerprint density at radius 2 is 1.74 bits per heavy atom. The Kier molecular flexibility index (Phi) is 5.34. The van der Waals surface area contributed by atoms with E-state index in [2.05, 4.69) is 0 Å². The fourth-order valence-electron chi connectivity index (χ4n) is 2.03. The van der Waals surface area contributed by atoms with Crippen molar-refractivity contribution >= 4 is 21.7 Å². The molecule has 0 unspecified atom stereocenters. The van der Waals surface area contributed by atoms with Gasteiger partial charge in [-0.05, 0) is 49.4 Å². The lowest BCUT2D eigenvalue weighted by Crippen LogP contribution is -1.99. The van der Waals surface area contributed by atoms with Gasteiger partial charge in [0, 0.05) is 17.4 Å². The molecule has 0 heterocycles. The molecule has 4 nitrogen and oxygen atoms in total. The number of allylic oxidation sites excluding steroid dienone is 1. The van der Waals surface area contributed by atoms with Crippen molar-refractivity contribution in [2.24, 2.45) is 0 Å². The van der Waals surface area contributed by atoms with Crippen LogP contribution in [-0.2, 0) is 9.84 Å². The maximum Gasteiger partial charge on any atom is 0.185 e. The van der Waals surface area contributed by atoms with Crippen LogP contribution in [0.15, 0.2) is 59.5 Å². The second-order valence-electron chi connectivity index (χ2n) is 4.96. The maximum atomic E-state index is 12.2. The molecule has 0 N–H and O–H groups in total. The fraction of sp³-hybridized carbons (Fsp3) is 0.167. The van der Waals surface area contributed by atoms with Gasteiger partial charge in [0.1, 0.15) is 5.75 Å². The summed E-state index contributed by atoms with van der Waals surface area (Å²) in [5, 5.41) is 0. The number of ether oxygens (including phenoxy) is 1. The molecule has 23 heavy (non-hydrogen) atoms. The molecule has 0 bridgehead atoms. The number of ketones is 1. The minimum Gasteiger partial charge on any atom is -0.493 e. The van der Waals surface area contributed by atoms with E-state index in [1.54, 1.807) is 6.08 Å². The molecule has 0 fully saturated rings. The number of hydrogen-bond acceptors (Lipinski definition) is 4. The van der Waals surface area contributed by atoms with Gasteiger partial charge in [-0.2, -0.15) is 0 Å². The van der Waals surface area contributed by atoms with E-state index in [4.69, 9.17) is 4.74 Å². The van der Waals surface area contributed by atoms with Crippen molar-refractivity contribution in [2.45, 2.75) is 11.8 Å². The van der Waals surface area contributed by atoms with Crippen LogP contribution in [0.3, 0.4) is 0 Å². The molecular weight excluding hydrogens is 312 g/mol. The van der Waals surface area contributed by atoms with Crippen LogP contribution in [0.4, 0.5) is 0 Å². The number of carbonyl (C=O) groups excluding carboxylic acids is 1. The van der Waals surface area contributed by atoms with E-state index in [-0.39, 0.29) is 10.7 Å². The zero-order valence-corrected chi connectivity index (χ0v) is 13.8. The molecule has 0 saturated carbocycles. The van der Waals surface area contributed by atoms with Crippen LogP contribution in [0.5, 0.6) is 5.75 Å². The third-order valence-electron chi connectivity index (χ3n) is 3.20. The molecule has 120 valence electrons. The van der Waals surface area contributed by atoms with Crippen LogP contribution in [-0.4, -0.2) is 27.1 Å². The van der Waals surface area contributed by atoms with Crippen molar-refractivity contribution in [3.05, 3.63) is 65.7 Å². The lowest BCUT2D eigenvalue weighted by Gasteiger charge is -2.06. The Morgan fingerprint density at radius 3 is 2.35 bits per heavy atom. The van der Waals surface area contributed by atoms with Crippen LogP contribution in [0.2, 0.25) is 0 Å². The van der Waals surface area contributed by atoms with Gasteiger partial charge >= 0.3 is 0 Å². The summed E-state index contributed by atoms with van der Waals surface area (Å²) in [4.78, 5) is 12.4. The van der Waals surface area contributed by atoms with Crippen molar-refractivity contribution < 1.29 is 17.9 Å². The Hall–Kier alpha value is -2.40. The molecule has 0 aliphatic heterocycles. The number of sulfone groups is 1. The Bertz CT molecular complexity index is 818. The van der Waals surface area contributed by atoms with Crippen molar-refractivity contribution in [3.63, 3.8) is 0 Å². The van der Waals surface area contributed by atoms with Crippen molar-refractivity contribution in [3.8, 4) is 5.75 Å². The summed E-state index contributed by atoms with van der Waals surface area (Å²) in [5.74, 6) is 0.517. The Balaban J connectivity index is 2.19. The zero-order valence-electron chi connectivity index (χ0n) is 13.0. The van der Waals surface area contributed by atoms with Crippen molar-refractivity contribution in [1.29, 1.82) is 0 Å². The largest absolute Gasteiger partial charge is 0.493 e. The lowest BCUT2D eigenvalue weighted by atomic mass is 10.1. The predicted molar refractivity (Wildman–Crippen MR) is 90.5 cm³/mol. The fourth-order valence-corrected chi connectivity index (χ4v) is 2.66. The van der Waals surface area contributed by atoms with Crippen LogP contribution in [0.1, 0.15) is 22.8 Å². The average molecular weight is 330 g/mol. The third-order valence-corrected chi connectivity index (χ3v) is 4.33. The Morgan fingerprint density at radius 1 is 1.09 bits per heavy atom. The molecule has 0 atom stereocenters. The first-order chi connectivity index (χ1) is 10.9. The maximum absolute atomic E-state index is 12.2. The predicted octanol–water partition coefficient (Wildman–Crippen LogP) is 3.38. The molecule has 0 radical (unpaired) electrons. The highest BCUT2D eigenvalue weighted by molar-refractivity contribution is 7.90. The summed E-state index contributed by atoms with van der Waals surface area (Å²) < 4.78 is 28.3. The molecule has 0 saturated heterocycles. The smallest absolute Gasteiger partial charge is 0.185 e. The molecule has 2 aromatic carbocycles. The van der Waals surface area contributed by atoms with E-state index in [1.807, 2.05) is 31.2 Å². The molecule has 0 aliphatic carbocycles. The quantitative estimate of drug-likeness (QED) is 0.602. The van der Waals surface area contributed by atoms with Gasteiger partial charge in [0.05, 0.1) is 11.5 Å². The van der Waals surface area contributed by atoms with E-state index >= 15 is 0 Å². The highest BCUT2D eigenvalue weighted by Gasteiger charge is 2.08. The number of benzene rings is 2. The molecule has 0 spiro atoms. The first-order valence-electron chi connectivity index (χ1n) is 7.16. The molecular formula is C18H18O4S. The molecule has 2 aromatic rings. The summed E-state index contributed by atoms with van der Waals surface area (Å²) in [6.45, 7) is 2.45. The molecule has 0 amide bonds. The van der Waals surface area contributed by atoms with Gasteiger partial charge in [0.25, 0.3) is 0 Å². The minimum absolute atomic E-state index is 0.194. The van der Waals surface area contributed by atoms with E-state index < -0.39 is 9.84 Å². The zero-order chi connectivity index (χ0) is 16.9. The van der Waals surface area contributed by atoms with Crippen LogP contribution >= 0.6 is 0 Å². The topological polar surface area (TPSA) is 60.4 Å². The van der Waals surface area contributed by atoms with E-state index in [9.17, 15) is 13.2 Å². The van der Waals surface area contributed by atoms with E-state index in [0.717, 1.165) is 11.8 Å². The first-order valence-corrected chi connectivity index (χ1v) is 9.05. The Labute approximate surface area is 136 Å². The van der Waals surface area contributed by atoms with Crippen molar-refractivity contribution in [1.82, 2.24) is 0 Å². The summed E-state index contributed by atoms with van der Waals surface area (Å²) in [5.41, 5.74) is 1.25. The van der Waals surface area contributed by atoms with Gasteiger partial charge in [-0.1, -0.05) is 18.2 Å². The van der Waals surface area contributed by atoms with Crippen LogP contribution in [0, 0.1) is 0 Å². The molecule has 0 aliphatic rings. The van der Waals surface area contributed by atoms with Gasteiger partial charge in [0.2, 0.25) is 0 Å². The lowest BCUT2D eigenvalue weighted by molar-refractivity contribution is 0.104. The van der Waals surface area contributed by atoms with E-state index in [1.165, 1.54) is 30.3 Å². The second-order valence-corrected chi connectivity index (χ2v) is 6.98. The van der Waals surface area contributed by atoms with Gasteiger partial charge < -0.3 is 4.74 Å². The van der Waals surface area contributed by atoms with Gasteiger partial charge in [0.15, 0.2) is 15.6 Å². The van der Waals surface area contributed by atoms with Gasteiger partial charge in [-0.15, -0.1) is 0 Å². The normalized spacial score (nSPS) is 11.6. The SMILES string of the molecule is CCOc1ccccc1/C=C/C(=O)c1ccc(S(C)(=O)=O)cc1. The second kappa shape index (κ2) is 7.24. The highest BCUT2D eigenvalue weighted by atomic mass is 32.2. The van der Waals surface area contributed by atoms with Gasteiger partial charge in [-0.3, -0.25) is 4.79 Å². The van der Waals surface area contributed by atoms with Crippen LogP contribution < -0.4 is 4.74 Å². The summed E-state index contributed by atoms with van der Waals surface area (Å²) >= 11 is 0. The number of hydrogen-bond donors (Lipinski definition) is 0. The molecule has 0 aromatic heterocycles. The standard InChI is InChI=1S/C18H18O4S/c1-3-22-18-7-5-4-6-15(18)10-13-17(19)14-8-11-16(12-9-14)23(2,20)21/h4-13H,3H2,1-2H3/b13-10+. The van der Waals surface area contributed by atoms with Crippen molar-refractivity contribution in [2.75, 3.05) is 12.9 Å².